The minimum Gasteiger partial charge on any atom is -0.494 e. The van der Waals surface area contributed by atoms with E-state index in [-0.39, 0.29) is 0 Å². The number of rotatable bonds is 8. The van der Waals surface area contributed by atoms with Gasteiger partial charge in [-0.3, -0.25) is 4.90 Å². The molecule has 108 valence electrons. The van der Waals surface area contributed by atoms with Gasteiger partial charge in [-0.1, -0.05) is 6.08 Å². The fourth-order valence-electron chi connectivity index (χ4n) is 2.28. The Labute approximate surface area is 119 Å². The Morgan fingerprint density at radius 2 is 2.30 bits per heavy atom. The Kier molecular flexibility index (Phi) is 5.18. The first-order valence-electron chi connectivity index (χ1n) is 6.90. The number of halogens is 1. The summed E-state index contributed by atoms with van der Waals surface area (Å²) in [5, 5.41) is 1.15. The van der Waals surface area contributed by atoms with Crippen LogP contribution in [-0.2, 0) is 6.42 Å². The van der Waals surface area contributed by atoms with Crippen LogP contribution in [0.2, 0.25) is 0 Å². The van der Waals surface area contributed by atoms with Crippen LogP contribution in [0, 0.1) is 0 Å². The zero-order valence-corrected chi connectivity index (χ0v) is 11.9. The second kappa shape index (κ2) is 7.10. The second-order valence-corrected chi connectivity index (χ2v) is 4.69. The molecule has 1 heterocycles. The van der Waals surface area contributed by atoms with Crippen LogP contribution in [0.3, 0.4) is 0 Å². The lowest BCUT2D eigenvalue weighted by molar-refractivity contribution is 0.206. The molecule has 0 atom stereocenters. The zero-order chi connectivity index (χ0) is 14.4. The number of alkyl halides is 1. The summed E-state index contributed by atoms with van der Waals surface area (Å²) in [6.07, 6.45) is 4.51. The van der Waals surface area contributed by atoms with Crippen LogP contribution in [0.25, 0.3) is 10.9 Å². The van der Waals surface area contributed by atoms with Gasteiger partial charge in [0.1, 0.15) is 12.5 Å². The number of H-pyrrole nitrogens is 1. The summed E-state index contributed by atoms with van der Waals surface area (Å²) in [6.45, 7) is 7.07. The van der Waals surface area contributed by atoms with Crippen molar-refractivity contribution in [3.8, 4) is 5.75 Å². The molecule has 20 heavy (non-hydrogen) atoms. The zero-order valence-electron chi connectivity index (χ0n) is 11.9. The van der Waals surface area contributed by atoms with Gasteiger partial charge in [0.2, 0.25) is 0 Å². The lowest BCUT2D eigenvalue weighted by Gasteiger charge is -2.15. The normalized spacial score (nSPS) is 11.2. The molecular weight excluding hydrogens is 255 g/mol. The summed E-state index contributed by atoms with van der Waals surface area (Å²) in [5.41, 5.74) is 2.27. The summed E-state index contributed by atoms with van der Waals surface area (Å²) < 4.78 is 18.3. The predicted octanol–water partition coefficient (Wildman–Crippen LogP) is 3.52. The van der Waals surface area contributed by atoms with Crippen molar-refractivity contribution >= 4 is 10.9 Å². The van der Waals surface area contributed by atoms with Crippen molar-refractivity contribution in [3.05, 3.63) is 42.6 Å². The van der Waals surface area contributed by atoms with E-state index in [0.29, 0.717) is 19.7 Å². The van der Waals surface area contributed by atoms with Crippen molar-refractivity contribution in [2.45, 2.75) is 13.3 Å². The Bertz CT molecular complexity index is 565. The van der Waals surface area contributed by atoms with Gasteiger partial charge in [0, 0.05) is 30.2 Å². The SMILES string of the molecule is C=CCN(CF)CCc1c[nH]c2ccc(OCC)cc12. The molecule has 0 fully saturated rings. The van der Waals surface area contributed by atoms with Crippen molar-refractivity contribution in [3.63, 3.8) is 0 Å². The standard InChI is InChI=1S/C16H21FN2O/c1-3-8-19(12-17)9-7-13-11-18-16-6-5-14(20-4-2)10-15(13)16/h3,5-6,10-11,18H,1,4,7-9,12H2,2H3. The van der Waals surface area contributed by atoms with Crippen LogP contribution in [-0.4, -0.2) is 36.4 Å². The topological polar surface area (TPSA) is 28.3 Å². The highest BCUT2D eigenvalue weighted by Crippen LogP contribution is 2.24. The van der Waals surface area contributed by atoms with Crippen LogP contribution < -0.4 is 4.74 Å². The number of ether oxygens (including phenoxy) is 1. The smallest absolute Gasteiger partial charge is 0.143 e. The molecule has 0 aliphatic heterocycles. The third-order valence-electron chi connectivity index (χ3n) is 3.30. The first-order valence-corrected chi connectivity index (χ1v) is 6.90. The molecule has 3 nitrogen and oxygen atoms in total. The number of fused-ring (bicyclic) bond motifs is 1. The second-order valence-electron chi connectivity index (χ2n) is 4.69. The van der Waals surface area contributed by atoms with Crippen LogP contribution in [0.5, 0.6) is 5.75 Å². The average molecular weight is 276 g/mol. The van der Waals surface area contributed by atoms with E-state index in [1.165, 1.54) is 5.56 Å². The fourth-order valence-corrected chi connectivity index (χ4v) is 2.28. The highest BCUT2D eigenvalue weighted by atomic mass is 19.1. The van der Waals surface area contributed by atoms with Crippen molar-refractivity contribution in [1.29, 1.82) is 0 Å². The number of nitrogens with zero attached hydrogens (tertiary/aromatic N) is 1. The predicted molar refractivity (Wildman–Crippen MR) is 80.9 cm³/mol. The Balaban J connectivity index is 2.12. The molecule has 0 spiro atoms. The maximum atomic E-state index is 12.8. The van der Waals surface area contributed by atoms with Gasteiger partial charge < -0.3 is 9.72 Å². The van der Waals surface area contributed by atoms with Gasteiger partial charge >= 0.3 is 0 Å². The highest BCUT2D eigenvalue weighted by Gasteiger charge is 2.08. The van der Waals surface area contributed by atoms with E-state index in [1.807, 2.05) is 31.3 Å². The molecule has 0 amide bonds. The molecule has 2 aromatic rings. The number of benzene rings is 1. The van der Waals surface area contributed by atoms with Gasteiger partial charge in [0.15, 0.2) is 0 Å². The van der Waals surface area contributed by atoms with E-state index in [2.05, 4.69) is 11.6 Å². The molecule has 0 aliphatic rings. The quantitative estimate of drug-likeness (QED) is 0.590. The summed E-state index contributed by atoms with van der Waals surface area (Å²) in [5.74, 6) is 0.870. The van der Waals surface area contributed by atoms with Crippen LogP contribution in [0.15, 0.2) is 37.1 Å². The van der Waals surface area contributed by atoms with Crippen LogP contribution in [0.4, 0.5) is 4.39 Å². The molecule has 0 radical (unpaired) electrons. The number of nitrogens with one attached hydrogen (secondary N) is 1. The van der Waals surface area contributed by atoms with Crippen LogP contribution >= 0.6 is 0 Å². The van der Waals surface area contributed by atoms with E-state index in [9.17, 15) is 4.39 Å². The van der Waals surface area contributed by atoms with E-state index < -0.39 is 6.80 Å². The van der Waals surface area contributed by atoms with E-state index >= 15 is 0 Å². The van der Waals surface area contributed by atoms with Crippen molar-refractivity contribution < 1.29 is 9.13 Å². The number of hydrogen-bond acceptors (Lipinski definition) is 2. The molecule has 2 rings (SSSR count). The summed E-state index contributed by atoms with van der Waals surface area (Å²) in [4.78, 5) is 4.96. The molecule has 0 saturated heterocycles. The number of hydrogen-bond donors (Lipinski definition) is 1. The fraction of sp³-hybridized carbons (Fsp3) is 0.375. The largest absolute Gasteiger partial charge is 0.494 e. The van der Waals surface area contributed by atoms with Gasteiger partial charge in [0.05, 0.1) is 6.61 Å². The first kappa shape index (κ1) is 14.6. The minimum absolute atomic E-state index is 0.446. The molecule has 1 aromatic carbocycles. The lowest BCUT2D eigenvalue weighted by Crippen LogP contribution is -2.25. The minimum atomic E-state index is -0.446. The van der Waals surface area contributed by atoms with E-state index in [4.69, 9.17) is 4.74 Å². The Hall–Kier alpha value is -1.81. The van der Waals surface area contributed by atoms with Crippen molar-refractivity contribution in [1.82, 2.24) is 9.88 Å². The number of aromatic nitrogens is 1. The van der Waals surface area contributed by atoms with Crippen LogP contribution in [0.1, 0.15) is 12.5 Å². The molecular formula is C16H21FN2O. The summed E-state index contributed by atoms with van der Waals surface area (Å²) in [6, 6.07) is 6.01. The number of aromatic amines is 1. The van der Waals surface area contributed by atoms with E-state index in [0.717, 1.165) is 23.1 Å². The molecule has 0 unspecified atom stereocenters. The van der Waals surface area contributed by atoms with Gasteiger partial charge in [0.25, 0.3) is 0 Å². The van der Waals surface area contributed by atoms with Gasteiger partial charge in [-0.15, -0.1) is 6.58 Å². The summed E-state index contributed by atoms with van der Waals surface area (Å²) in [7, 11) is 0. The molecule has 1 aromatic heterocycles. The van der Waals surface area contributed by atoms with Crippen molar-refractivity contribution in [2.24, 2.45) is 0 Å². The maximum Gasteiger partial charge on any atom is 0.143 e. The Morgan fingerprint density at radius 1 is 1.45 bits per heavy atom. The monoisotopic (exact) mass is 276 g/mol. The molecule has 0 saturated carbocycles. The molecule has 0 bridgehead atoms. The van der Waals surface area contributed by atoms with Gasteiger partial charge in [-0.25, -0.2) is 4.39 Å². The highest BCUT2D eigenvalue weighted by molar-refractivity contribution is 5.84. The third-order valence-corrected chi connectivity index (χ3v) is 3.30. The lowest BCUT2D eigenvalue weighted by atomic mass is 10.1. The molecule has 1 N–H and O–H groups in total. The van der Waals surface area contributed by atoms with Gasteiger partial charge in [-0.05, 0) is 37.1 Å². The Morgan fingerprint density at radius 3 is 3.00 bits per heavy atom. The third kappa shape index (κ3) is 3.39. The first-order chi connectivity index (χ1) is 9.78. The maximum absolute atomic E-state index is 12.8. The summed E-state index contributed by atoms with van der Waals surface area (Å²) >= 11 is 0. The van der Waals surface area contributed by atoms with E-state index in [1.54, 1.807) is 11.0 Å². The average Bonchev–Trinajstić information content (AvgIpc) is 2.86. The molecule has 4 heteroatoms. The van der Waals surface area contributed by atoms with Gasteiger partial charge in [-0.2, -0.15) is 0 Å². The molecule has 0 aliphatic carbocycles. The van der Waals surface area contributed by atoms with Crippen molar-refractivity contribution in [2.75, 3.05) is 26.5 Å².